The molecule has 0 atom stereocenters. The lowest BCUT2D eigenvalue weighted by molar-refractivity contribution is 0.672. The molecule has 254 valence electrons. The maximum atomic E-state index is 6.76. The van der Waals surface area contributed by atoms with E-state index in [9.17, 15) is 0 Å². The van der Waals surface area contributed by atoms with Crippen molar-refractivity contribution in [1.82, 2.24) is 0 Å². The van der Waals surface area contributed by atoms with E-state index in [1.807, 2.05) is 0 Å². The van der Waals surface area contributed by atoms with Crippen molar-refractivity contribution in [2.75, 3.05) is 4.90 Å². The zero-order valence-electron chi connectivity index (χ0n) is 29.6. The zero-order chi connectivity index (χ0) is 35.8. The van der Waals surface area contributed by atoms with Crippen LogP contribution in [0.15, 0.2) is 217 Å². The molecule has 0 spiro atoms. The molecule has 54 heavy (non-hydrogen) atoms. The van der Waals surface area contributed by atoms with Crippen LogP contribution in [0.1, 0.15) is 0 Å². The molecule has 0 fully saturated rings. The Hall–Kier alpha value is -7.16. The van der Waals surface area contributed by atoms with E-state index >= 15 is 0 Å². The minimum atomic E-state index is 0.865. The largest absolute Gasteiger partial charge is 0.455 e. The molecule has 0 aliphatic rings. The highest BCUT2D eigenvalue weighted by Crippen LogP contribution is 2.46. The minimum Gasteiger partial charge on any atom is -0.455 e. The van der Waals surface area contributed by atoms with Crippen LogP contribution < -0.4 is 4.90 Å². The van der Waals surface area contributed by atoms with Crippen LogP contribution in [0.5, 0.6) is 0 Å². The Labute approximate surface area is 314 Å². The van der Waals surface area contributed by atoms with E-state index < -0.39 is 0 Å². The monoisotopic (exact) mass is 689 g/mol. The predicted molar refractivity (Wildman–Crippen MR) is 228 cm³/mol. The van der Waals surface area contributed by atoms with Crippen molar-refractivity contribution < 1.29 is 4.42 Å². The summed E-state index contributed by atoms with van der Waals surface area (Å²) < 4.78 is 6.76. The van der Waals surface area contributed by atoms with Crippen LogP contribution in [-0.4, -0.2) is 0 Å². The predicted octanol–water partition coefficient (Wildman–Crippen LogP) is 14.9. The third-order valence-electron chi connectivity index (χ3n) is 10.4. The van der Waals surface area contributed by atoms with Crippen LogP contribution in [0.2, 0.25) is 0 Å². The van der Waals surface area contributed by atoms with Gasteiger partial charge < -0.3 is 9.32 Å². The Morgan fingerprint density at radius 1 is 0.315 bits per heavy atom. The first-order chi connectivity index (χ1) is 26.8. The number of furan rings is 1. The molecular weight excluding hydrogens is 655 g/mol. The summed E-state index contributed by atoms with van der Waals surface area (Å²) in [6.45, 7) is 0. The lowest BCUT2D eigenvalue weighted by Gasteiger charge is -2.26. The van der Waals surface area contributed by atoms with E-state index in [0.29, 0.717) is 0 Å². The first-order valence-corrected chi connectivity index (χ1v) is 18.4. The van der Waals surface area contributed by atoms with Gasteiger partial charge in [0.05, 0.1) is 11.1 Å². The van der Waals surface area contributed by atoms with Crippen LogP contribution in [-0.2, 0) is 0 Å². The molecule has 0 saturated heterocycles. The molecule has 0 bridgehead atoms. The number of rotatable bonds is 7. The Kier molecular flexibility index (Phi) is 7.85. The number of nitrogens with zero attached hydrogens (tertiary/aromatic N) is 1. The van der Waals surface area contributed by atoms with Crippen LogP contribution >= 0.6 is 0 Å². The summed E-state index contributed by atoms with van der Waals surface area (Å²) in [7, 11) is 0. The van der Waals surface area contributed by atoms with Gasteiger partial charge in [-0.15, -0.1) is 0 Å². The first-order valence-electron chi connectivity index (χ1n) is 18.4. The summed E-state index contributed by atoms with van der Waals surface area (Å²) in [6.07, 6.45) is 0. The summed E-state index contributed by atoms with van der Waals surface area (Å²) >= 11 is 0. The summed E-state index contributed by atoms with van der Waals surface area (Å²) in [4.78, 5) is 2.33. The molecule has 9 aromatic carbocycles. The van der Waals surface area contributed by atoms with Crippen molar-refractivity contribution in [2.45, 2.75) is 0 Å². The van der Waals surface area contributed by atoms with Gasteiger partial charge >= 0.3 is 0 Å². The molecule has 2 heteroatoms. The number of benzene rings is 9. The van der Waals surface area contributed by atoms with Crippen molar-refractivity contribution in [2.24, 2.45) is 0 Å². The molecule has 0 aliphatic carbocycles. The molecule has 0 saturated carbocycles. The van der Waals surface area contributed by atoms with Crippen molar-refractivity contribution in [3.8, 4) is 44.5 Å². The van der Waals surface area contributed by atoms with Crippen LogP contribution in [0.4, 0.5) is 17.1 Å². The number of para-hydroxylation sites is 2. The second kappa shape index (κ2) is 13.4. The van der Waals surface area contributed by atoms with Crippen molar-refractivity contribution in [3.63, 3.8) is 0 Å². The molecule has 0 N–H and O–H groups in total. The van der Waals surface area contributed by atoms with Crippen molar-refractivity contribution in [1.29, 1.82) is 0 Å². The molecule has 2 nitrogen and oxygen atoms in total. The molecular formula is C52H35NO. The van der Waals surface area contributed by atoms with Gasteiger partial charge in [0.25, 0.3) is 0 Å². The zero-order valence-corrected chi connectivity index (χ0v) is 29.6. The van der Waals surface area contributed by atoms with Gasteiger partial charge in [0, 0.05) is 22.1 Å². The summed E-state index contributed by atoms with van der Waals surface area (Å²) in [6, 6.07) is 75.7. The summed E-state index contributed by atoms with van der Waals surface area (Å²) in [5.74, 6) is 0. The van der Waals surface area contributed by atoms with Crippen LogP contribution in [0, 0.1) is 0 Å². The average Bonchev–Trinajstić information content (AvgIpc) is 3.64. The fourth-order valence-corrected chi connectivity index (χ4v) is 7.87. The van der Waals surface area contributed by atoms with Crippen LogP contribution in [0.3, 0.4) is 0 Å². The van der Waals surface area contributed by atoms with Crippen molar-refractivity contribution in [3.05, 3.63) is 212 Å². The molecule has 0 aliphatic heterocycles. The fraction of sp³-hybridized carbons (Fsp3) is 0. The lowest BCUT2D eigenvalue weighted by atomic mass is 9.91. The van der Waals surface area contributed by atoms with Gasteiger partial charge in [-0.1, -0.05) is 152 Å². The van der Waals surface area contributed by atoms with Gasteiger partial charge in [-0.25, -0.2) is 0 Å². The third-order valence-corrected chi connectivity index (χ3v) is 10.4. The smallest absolute Gasteiger partial charge is 0.143 e. The first kappa shape index (κ1) is 31.6. The molecule has 0 unspecified atom stereocenters. The molecule has 0 amide bonds. The second-order valence-corrected chi connectivity index (χ2v) is 13.7. The Morgan fingerprint density at radius 3 is 1.33 bits per heavy atom. The number of hydrogen-bond acceptors (Lipinski definition) is 2. The summed E-state index contributed by atoms with van der Waals surface area (Å²) in [5.41, 5.74) is 14.6. The van der Waals surface area contributed by atoms with Crippen LogP contribution in [0.25, 0.3) is 77.2 Å². The normalized spacial score (nSPS) is 11.3. The highest BCUT2D eigenvalue weighted by molar-refractivity contribution is 6.22. The highest BCUT2D eigenvalue weighted by atomic mass is 16.3. The van der Waals surface area contributed by atoms with E-state index in [2.05, 4.69) is 217 Å². The molecule has 1 heterocycles. The van der Waals surface area contributed by atoms with E-state index in [0.717, 1.165) is 50.0 Å². The van der Waals surface area contributed by atoms with Gasteiger partial charge in [0.2, 0.25) is 0 Å². The Bertz CT molecular complexity index is 2800. The van der Waals surface area contributed by atoms with E-state index in [-0.39, 0.29) is 0 Å². The maximum absolute atomic E-state index is 6.76. The fourth-order valence-electron chi connectivity index (χ4n) is 7.87. The van der Waals surface area contributed by atoms with Gasteiger partial charge in [0.1, 0.15) is 11.2 Å². The highest BCUT2D eigenvalue weighted by Gasteiger charge is 2.21. The molecule has 10 rings (SSSR count). The average molecular weight is 690 g/mol. The minimum absolute atomic E-state index is 0.865. The number of anilines is 3. The lowest BCUT2D eigenvalue weighted by Crippen LogP contribution is -2.09. The van der Waals surface area contributed by atoms with Gasteiger partial charge in [-0.2, -0.15) is 0 Å². The molecule has 1 aromatic heterocycles. The second-order valence-electron chi connectivity index (χ2n) is 13.7. The summed E-state index contributed by atoms with van der Waals surface area (Å²) in [5, 5.41) is 4.46. The van der Waals surface area contributed by atoms with Gasteiger partial charge in [-0.05, 0) is 111 Å². The maximum Gasteiger partial charge on any atom is 0.143 e. The quantitative estimate of drug-likeness (QED) is 0.166. The molecule has 10 aromatic rings. The SMILES string of the molecule is c1ccc(-c2cc(-c3ccccc3)cc(-c3ccc(-c4cc5c(oc6cccc(N(c7ccccc7)c7ccccc7)c65)c5ccccc45)cc3)c2)cc1. The third kappa shape index (κ3) is 5.62. The number of fused-ring (bicyclic) bond motifs is 5. The van der Waals surface area contributed by atoms with E-state index in [1.165, 1.54) is 44.3 Å². The standard InChI is InChI=1S/C52H35NO/c1-5-16-36(17-6-1)40-32-41(37-18-7-2-8-19-37)34-42(33-40)38-28-30-39(31-29-38)47-35-48-51-49(53(43-20-9-3-10-21-43)44-22-11-4-12-23-44)26-15-27-50(51)54-52(48)46-25-14-13-24-45(46)47/h1-35H. The van der Waals surface area contributed by atoms with Crippen molar-refractivity contribution >= 4 is 49.8 Å². The Balaban J connectivity index is 1.14. The van der Waals surface area contributed by atoms with Gasteiger partial charge in [-0.3, -0.25) is 0 Å². The topological polar surface area (TPSA) is 16.4 Å². The van der Waals surface area contributed by atoms with E-state index in [4.69, 9.17) is 4.42 Å². The van der Waals surface area contributed by atoms with E-state index in [1.54, 1.807) is 0 Å². The van der Waals surface area contributed by atoms with Gasteiger partial charge in [0.15, 0.2) is 0 Å². The molecule has 0 radical (unpaired) electrons. The number of hydrogen-bond donors (Lipinski definition) is 0. The Morgan fingerprint density at radius 2 is 0.778 bits per heavy atom.